The average molecular weight is 260 g/mol. The molecule has 0 saturated carbocycles. The SMILES string of the molecule is CCC(O)(CC)CNc1nc(N)nc2ccccc12. The average Bonchev–Trinajstić information content (AvgIpc) is 2.44. The van der Waals surface area contributed by atoms with Crippen LogP contribution in [0.5, 0.6) is 0 Å². The molecule has 4 N–H and O–H groups in total. The summed E-state index contributed by atoms with van der Waals surface area (Å²) in [6, 6.07) is 7.67. The largest absolute Gasteiger partial charge is 0.388 e. The highest BCUT2D eigenvalue weighted by molar-refractivity contribution is 5.89. The van der Waals surface area contributed by atoms with Crippen molar-refractivity contribution in [2.75, 3.05) is 17.6 Å². The molecule has 0 amide bonds. The van der Waals surface area contributed by atoms with E-state index in [0.717, 1.165) is 10.9 Å². The van der Waals surface area contributed by atoms with Gasteiger partial charge in [-0.1, -0.05) is 26.0 Å². The lowest BCUT2D eigenvalue weighted by molar-refractivity contribution is 0.0456. The first-order valence-electron chi connectivity index (χ1n) is 6.56. The van der Waals surface area contributed by atoms with Gasteiger partial charge < -0.3 is 16.2 Å². The fraction of sp³-hybridized carbons (Fsp3) is 0.429. The van der Waals surface area contributed by atoms with Crippen LogP contribution in [-0.4, -0.2) is 27.2 Å². The summed E-state index contributed by atoms with van der Waals surface area (Å²) in [5.74, 6) is 0.904. The Morgan fingerprint density at radius 3 is 2.58 bits per heavy atom. The predicted octanol–water partition coefficient (Wildman–Crippen LogP) is 2.17. The number of para-hydroxylation sites is 1. The molecular weight excluding hydrogens is 240 g/mol. The molecule has 2 aromatic rings. The number of nitrogens with two attached hydrogens (primary N) is 1. The van der Waals surface area contributed by atoms with Gasteiger partial charge in [0.15, 0.2) is 0 Å². The van der Waals surface area contributed by atoms with Gasteiger partial charge in [-0.15, -0.1) is 0 Å². The molecule has 0 bridgehead atoms. The Bertz CT molecular complexity index is 566. The van der Waals surface area contributed by atoms with E-state index in [9.17, 15) is 5.11 Å². The molecule has 0 aliphatic heterocycles. The predicted molar refractivity (Wildman–Crippen MR) is 78.0 cm³/mol. The number of nitrogens with one attached hydrogen (secondary N) is 1. The zero-order valence-corrected chi connectivity index (χ0v) is 11.3. The van der Waals surface area contributed by atoms with E-state index in [1.165, 1.54) is 0 Å². The van der Waals surface area contributed by atoms with Gasteiger partial charge >= 0.3 is 0 Å². The molecule has 2 rings (SSSR count). The molecule has 1 heterocycles. The van der Waals surface area contributed by atoms with Gasteiger partial charge in [-0.25, -0.2) is 4.98 Å². The minimum absolute atomic E-state index is 0.234. The molecule has 102 valence electrons. The van der Waals surface area contributed by atoms with Crippen LogP contribution in [-0.2, 0) is 0 Å². The first-order valence-corrected chi connectivity index (χ1v) is 6.56. The van der Waals surface area contributed by atoms with Crippen LogP contribution < -0.4 is 11.1 Å². The van der Waals surface area contributed by atoms with Crippen LogP contribution in [0.3, 0.4) is 0 Å². The van der Waals surface area contributed by atoms with E-state index in [0.29, 0.717) is 25.2 Å². The van der Waals surface area contributed by atoms with Gasteiger partial charge in [0, 0.05) is 11.9 Å². The van der Waals surface area contributed by atoms with E-state index in [1.54, 1.807) is 0 Å². The summed E-state index contributed by atoms with van der Waals surface area (Å²) in [5.41, 5.74) is 5.78. The van der Waals surface area contributed by atoms with E-state index in [1.807, 2.05) is 38.1 Å². The molecular formula is C14H20N4O. The summed E-state index contributed by atoms with van der Waals surface area (Å²) >= 11 is 0. The Labute approximate surface area is 112 Å². The number of hydrogen-bond acceptors (Lipinski definition) is 5. The van der Waals surface area contributed by atoms with Gasteiger partial charge in [0.2, 0.25) is 5.95 Å². The summed E-state index contributed by atoms with van der Waals surface area (Å²) in [6.45, 7) is 4.38. The maximum atomic E-state index is 10.3. The Morgan fingerprint density at radius 2 is 1.89 bits per heavy atom. The van der Waals surface area contributed by atoms with Crippen molar-refractivity contribution in [3.05, 3.63) is 24.3 Å². The van der Waals surface area contributed by atoms with Gasteiger partial charge in [-0.05, 0) is 25.0 Å². The zero-order chi connectivity index (χ0) is 13.9. The summed E-state index contributed by atoms with van der Waals surface area (Å²) in [7, 11) is 0. The van der Waals surface area contributed by atoms with Crippen LogP contribution in [0.15, 0.2) is 24.3 Å². The standard InChI is InChI=1S/C14H20N4O/c1-3-14(19,4-2)9-16-12-10-7-5-6-8-11(10)17-13(15)18-12/h5-8,19H,3-4,9H2,1-2H3,(H3,15,16,17,18). The van der Waals surface area contributed by atoms with Gasteiger partial charge in [-0.3, -0.25) is 0 Å². The fourth-order valence-corrected chi connectivity index (χ4v) is 1.98. The van der Waals surface area contributed by atoms with Crippen LogP contribution in [0.4, 0.5) is 11.8 Å². The van der Waals surface area contributed by atoms with Crippen LogP contribution in [0.25, 0.3) is 10.9 Å². The van der Waals surface area contributed by atoms with Gasteiger partial charge in [0.25, 0.3) is 0 Å². The fourth-order valence-electron chi connectivity index (χ4n) is 1.98. The Balaban J connectivity index is 2.30. The minimum atomic E-state index is -0.721. The molecule has 19 heavy (non-hydrogen) atoms. The lowest BCUT2D eigenvalue weighted by atomic mass is 9.97. The Hall–Kier alpha value is -1.88. The molecule has 5 nitrogen and oxygen atoms in total. The van der Waals surface area contributed by atoms with E-state index in [-0.39, 0.29) is 5.95 Å². The van der Waals surface area contributed by atoms with Crippen molar-refractivity contribution in [1.82, 2.24) is 9.97 Å². The monoisotopic (exact) mass is 260 g/mol. The molecule has 5 heteroatoms. The topological polar surface area (TPSA) is 84.1 Å². The minimum Gasteiger partial charge on any atom is -0.388 e. The number of anilines is 2. The lowest BCUT2D eigenvalue weighted by Gasteiger charge is -2.25. The second kappa shape index (κ2) is 5.40. The van der Waals surface area contributed by atoms with Crippen LogP contribution in [0.2, 0.25) is 0 Å². The van der Waals surface area contributed by atoms with Crippen molar-refractivity contribution in [2.45, 2.75) is 32.3 Å². The molecule has 0 fully saturated rings. The second-order valence-corrected chi connectivity index (χ2v) is 4.73. The Morgan fingerprint density at radius 1 is 1.21 bits per heavy atom. The number of fused-ring (bicyclic) bond motifs is 1. The summed E-state index contributed by atoms with van der Waals surface area (Å²) in [6.07, 6.45) is 1.38. The van der Waals surface area contributed by atoms with Crippen molar-refractivity contribution in [3.8, 4) is 0 Å². The molecule has 1 aromatic carbocycles. The van der Waals surface area contributed by atoms with E-state index < -0.39 is 5.60 Å². The smallest absolute Gasteiger partial charge is 0.222 e. The number of aromatic nitrogens is 2. The van der Waals surface area contributed by atoms with Crippen molar-refractivity contribution >= 4 is 22.7 Å². The van der Waals surface area contributed by atoms with Gasteiger partial charge in [0.1, 0.15) is 5.82 Å². The van der Waals surface area contributed by atoms with Crippen LogP contribution in [0.1, 0.15) is 26.7 Å². The zero-order valence-electron chi connectivity index (χ0n) is 11.3. The molecule has 0 atom stereocenters. The van der Waals surface area contributed by atoms with Crippen LogP contribution >= 0.6 is 0 Å². The molecule has 0 unspecified atom stereocenters. The number of hydrogen-bond donors (Lipinski definition) is 3. The highest BCUT2D eigenvalue weighted by atomic mass is 16.3. The molecule has 0 spiro atoms. The first-order chi connectivity index (χ1) is 9.08. The second-order valence-electron chi connectivity index (χ2n) is 4.73. The van der Waals surface area contributed by atoms with Gasteiger partial charge in [-0.2, -0.15) is 4.98 Å². The highest BCUT2D eigenvalue weighted by Crippen LogP contribution is 2.22. The molecule has 1 aromatic heterocycles. The van der Waals surface area contributed by atoms with Crippen molar-refractivity contribution < 1.29 is 5.11 Å². The summed E-state index contributed by atoms with van der Waals surface area (Å²) < 4.78 is 0. The number of benzene rings is 1. The normalized spacial score (nSPS) is 11.7. The van der Waals surface area contributed by atoms with E-state index >= 15 is 0 Å². The maximum absolute atomic E-state index is 10.3. The van der Waals surface area contributed by atoms with E-state index in [4.69, 9.17) is 5.73 Å². The highest BCUT2D eigenvalue weighted by Gasteiger charge is 2.22. The third kappa shape index (κ3) is 2.93. The molecule has 0 saturated heterocycles. The summed E-state index contributed by atoms with van der Waals surface area (Å²) in [4.78, 5) is 8.40. The van der Waals surface area contributed by atoms with Gasteiger partial charge in [0.05, 0.1) is 11.1 Å². The number of nitrogens with zero attached hydrogens (tertiary/aromatic N) is 2. The quantitative estimate of drug-likeness (QED) is 0.767. The third-order valence-electron chi connectivity index (χ3n) is 3.52. The number of rotatable bonds is 5. The Kier molecular flexibility index (Phi) is 3.85. The number of aliphatic hydroxyl groups is 1. The number of nitrogen functional groups attached to an aromatic ring is 1. The third-order valence-corrected chi connectivity index (χ3v) is 3.52. The van der Waals surface area contributed by atoms with Crippen molar-refractivity contribution in [2.24, 2.45) is 0 Å². The maximum Gasteiger partial charge on any atom is 0.222 e. The first kappa shape index (κ1) is 13.5. The molecule has 0 radical (unpaired) electrons. The van der Waals surface area contributed by atoms with Crippen molar-refractivity contribution in [1.29, 1.82) is 0 Å². The van der Waals surface area contributed by atoms with Crippen LogP contribution in [0, 0.1) is 0 Å². The lowest BCUT2D eigenvalue weighted by Crippen LogP contribution is -2.35. The molecule has 0 aliphatic rings. The van der Waals surface area contributed by atoms with E-state index in [2.05, 4.69) is 15.3 Å². The van der Waals surface area contributed by atoms with Crippen molar-refractivity contribution in [3.63, 3.8) is 0 Å². The summed E-state index contributed by atoms with van der Waals surface area (Å²) in [5, 5.41) is 14.4. The molecule has 0 aliphatic carbocycles.